The molecule has 4 aromatic rings. The highest BCUT2D eigenvalue weighted by atomic mass is 16.3. The van der Waals surface area contributed by atoms with E-state index in [1.165, 1.54) is 27.7 Å². The third kappa shape index (κ3) is 1.81. The summed E-state index contributed by atoms with van der Waals surface area (Å²) in [6.07, 6.45) is 3.97. The fourth-order valence-electron chi connectivity index (χ4n) is 4.00. The van der Waals surface area contributed by atoms with Gasteiger partial charge in [0.15, 0.2) is 0 Å². The number of furan rings is 1. The van der Waals surface area contributed by atoms with E-state index in [1.54, 1.807) is 6.26 Å². The van der Waals surface area contributed by atoms with Gasteiger partial charge in [0.05, 0.1) is 12.3 Å². The molecule has 0 fully saturated rings. The molecular formula is C21H17NO. The number of nitrogens with zero attached hydrogens (tertiary/aromatic N) is 1. The molecular weight excluding hydrogens is 282 g/mol. The Morgan fingerprint density at radius 2 is 1.70 bits per heavy atom. The molecule has 0 saturated carbocycles. The van der Waals surface area contributed by atoms with Crippen LogP contribution in [0.3, 0.4) is 0 Å². The zero-order chi connectivity index (χ0) is 15.2. The van der Waals surface area contributed by atoms with E-state index < -0.39 is 0 Å². The molecule has 0 radical (unpaired) electrons. The summed E-state index contributed by atoms with van der Waals surface area (Å²) < 4.78 is 8.20. The number of aromatic nitrogens is 1. The third-order valence-corrected chi connectivity index (χ3v) is 4.91. The van der Waals surface area contributed by atoms with Gasteiger partial charge in [0.2, 0.25) is 0 Å². The van der Waals surface area contributed by atoms with Gasteiger partial charge in [-0.3, -0.25) is 0 Å². The molecule has 112 valence electrons. The highest BCUT2D eigenvalue weighted by Gasteiger charge is 2.31. The van der Waals surface area contributed by atoms with Crippen molar-refractivity contribution in [2.45, 2.75) is 18.9 Å². The van der Waals surface area contributed by atoms with Gasteiger partial charge >= 0.3 is 0 Å². The van der Waals surface area contributed by atoms with Crippen molar-refractivity contribution in [3.63, 3.8) is 0 Å². The minimum Gasteiger partial charge on any atom is -0.467 e. The molecule has 2 aromatic carbocycles. The van der Waals surface area contributed by atoms with Crippen LogP contribution in [0.1, 0.15) is 23.9 Å². The molecule has 1 unspecified atom stereocenters. The molecule has 2 aromatic heterocycles. The van der Waals surface area contributed by atoms with Crippen LogP contribution in [0.5, 0.6) is 0 Å². The van der Waals surface area contributed by atoms with Crippen molar-refractivity contribution in [2.75, 3.05) is 0 Å². The summed E-state index contributed by atoms with van der Waals surface area (Å²) in [4.78, 5) is 0. The van der Waals surface area contributed by atoms with Gasteiger partial charge in [0, 0.05) is 22.2 Å². The molecule has 3 heterocycles. The summed E-state index contributed by atoms with van der Waals surface area (Å²) in [6.45, 7) is 0. The van der Waals surface area contributed by atoms with E-state index in [0.717, 1.165) is 18.6 Å². The first-order valence-electron chi connectivity index (χ1n) is 8.14. The fourth-order valence-corrected chi connectivity index (χ4v) is 4.00. The minimum absolute atomic E-state index is 0.308. The maximum absolute atomic E-state index is 5.72. The van der Waals surface area contributed by atoms with E-state index >= 15 is 0 Å². The van der Waals surface area contributed by atoms with Gasteiger partial charge in [0.1, 0.15) is 5.76 Å². The van der Waals surface area contributed by atoms with Crippen LogP contribution >= 0.6 is 0 Å². The maximum atomic E-state index is 5.72. The van der Waals surface area contributed by atoms with Crippen molar-refractivity contribution in [2.24, 2.45) is 0 Å². The number of benzene rings is 2. The topological polar surface area (TPSA) is 18.1 Å². The van der Waals surface area contributed by atoms with Crippen molar-refractivity contribution >= 4 is 10.9 Å². The third-order valence-electron chi connectivity index (χ3n) is 4.91. The highest BCUT2D eigenvalue weighted by Crippen LogP contribution is 2.44. The molecule has 0 aliphatic carbocycles. The lowest BCUT2D eigenvalue weighted by molar-refractivity contribution is 0.443. The standard InChI is InChI=1S/C21H17NO/c1-2-7-15(8-3-1)21-16-9-4-5-10-17(16)22-18(12-13-19(21)22)20-11-6-14-23-20/h1-11,14,18H,12-13H2. The molecule has 2 heteroatoms. The average molecular weight is 299 g/mol. The van der Waals surface area contributed by atoms with Crippen molar-refractivity contribution in [1.29, 1.82) is 0 Å². The molecule has 5 rings (SSSR count). The average Bonchev–Trinajstić information content (AvgIpc) is 3.31. The Kier molecular flexibility index (Phi) is 2.71. The van der Waals surface area contributed by atoms with Crippen LogP contribution < -0.4 is 0 Å². The summed E-state index contributed by atoms with van der Waals surface area (Å²) in [5.41, 5.74) is 5.42. The Bertz CT molecular complexity index is 964. The molecule has 0 bridgehead atoms. The SMILES string of the molecule is c1ccc(-c2c3n(c4ccccc24)C(c2ccco2)CC3)cc1. The molecule has 0 N–H and O–H groups in total. The van der Waals surface area contributed by atoms with Gasteiger partial charge < -0.3 is 8.98 Å². The zero-order valence-corrected chi connectivity index (χ0v) is 12.8. The predicted molar refractivity (Wildman–Crippen MR) is 92.5 cm³/mol. The Labute approximate surface area is 135 Å². The number of hydrogen-bond acceptors (Lipinski definition) is 1. The van der Waals surface area contributed by atoms with Crippen molar-refractivity contribution in [3.05, 3.63) is 84.4 Å². The van der Waals surface area contributed by atoms with Gasteiger partial charge in [-0.25, -0.2) is 0 Å². The second-order valence-electron chi connectivity index (χ2n) is 6.14. The van der Waals surface area contributed by atoms with E-state index in [1.807, 2.05) is 6.07 Å². The first-order valence-corrected chi connectivity index (χ1v) is 8.14. The number of fused-ring (bicyclic) bond motifs is 3. The second-order valence-corrected chi connectivity index (χ2v) is 6.14. The molecule has 0 spiro atoms. The van der Waals surface area contributed by atoms with Gasteiger partial charge in [0.25, 0.3) is 0 Å². The van der Waals surface area contributed by atoms with Crippen LogP contribution in [0.2, 0.25) is 0 Å². The highest BCUT2D eigenvalue weighted by molar-refractivity contribution is 5.98. The van der Waals surface area contributed by atoms with Crippen molar-refractivity contribution < 1.29 is 4.42 Å². The first kappa shape index (κ1) is 12.8. The van der Waals surface area contributed by atoms with Gasteiger partial charge in [-0.2, -0.15) is 0 Å². The molecule has 0 amide bonds. The first-order chi connectivity index (χ1) is 11.4. The van der Waals surface area contributed by atoms with Crippen LogP contribution in [-0.2, 0) is 6.42 Å². The van der Waals surface area contributed by atoms with E-state index in [0.29, 0.717) is 6.04 Å². The van der Waals surface area contributed by atoms with Crippen molar-refractivity contribution in [3.8, 4) is 11.1 Å². The molecule has 23 heavy (non-hydrogen) atoms. The summed E-state index contributed by atoms with van der Waals surface area (Å²) in [6, 6.07) is 23.8. The lowest BCUT2D eigenvalue weighted by atomic mass is 10.00. The molecule has 1 aliphatic heterocycles. The normalized spacial score (nSPS) is 16.8. The summed E-state index contributed by atoms with van der Waals surface area (Å²) in [5, 5.41) is 1.34. The Morgan fingerprint density at radius 1 is 0.870 bits per heavy atom. The fraction of sp³-hybridized carbons (Fsp3) is 0.143. The second kappa shape index (κ2) is 4.88. The van der Waals surface area contributed by atoms with E-state index in [9.17, 15) is 0 Å². The van der Waals surface area contributed by atoms with Crippen molar-refractivity contribution in [1.82, 2.24) is 4.57 Å². The summed E-state index contributed by atoms with van der Waals surface area (Å²) >= 11 is 0. The quantitative estimate of drug-likeness (QED) is 0.482. The van der Waals surface area contributed by atoms with Crippen LogP contribution in [0.4, 0.5) is 0 Å². The minimum atomic E-state index is 0.308. The Balaban J connectivity index is 1.82. The number of hydrogen-bond donors (Lipinski definition) is 0. The van der Waals surface area contributed by atoms with Gasteiger partial charge in [-0.05, 0) is 36.6 Å². The summed E-state index contributed by atoms with van der Waals surface area (Å²) in [7, 11) is 0. The molecule has 1 aliphatic rings. The zero-order valence-electron chi connectivity index (χ0n) is 12.8. The van der Waals surface area contributed by atoms with Crippen LogP contribution in [-0.4, -0.2) is 4.57 Å². The van der Waals surface area contributed by atoms with Gasteiger partial charge in [-0.15, -0.1) is 0 Å². The smallest absolute Gasteiger partial charge is 0.126 e. The molecule has 2 nitrogen and oxygen atoms in total. The lowest BCUT2D eigenvalue weighted by Gasteiger charge is -2.12. The Morgan fingerprint density at radius 3 is 2.52 bits per heavy atom. The molecule has 0 saturated heterocycles. The van der Waals surface area contributed by atoms with E-state index in [-0.39, 0.29) is 0 Å². The maximum Gasteiger partial charge on any atom is 0.126 e. The predicted octanol–water partition coefficient (Wildman–Crippen LogP) is 5.44. The molecule has 1 atom stereocenters. The lowest BCUT2D eigenvalue weighted by Crippen LogP contribution is -2.03. The van der Waals surface area contributed by atoms with Crippen LogP contribution in [0, 0.1) is 0 Å². The Hall–Kier alpha value is -2.74. The monoisotopic (exact) mass is 299 g/mol. The van der Waals surface area contributed by atoms with E-state index in [4.69, 9.17) is 4.42 Å². The van der Waals surface area contributed by atoms with Gasteiger partial charge in [-0.1, -0.05) is 48.5 Å². The number of para-hydroxylation sites is 1. The number of rotatable bonds is 2. The largest absolute Gasteiger partial charge is 0.467 e. The van der Waals surface area contributed by atoms with E-state index in [2.05, 4.69) is 65.2 Å². The van der Waals surface area contributed by atoms with Crippen LogP contribution in [0.25, 0.3) is 22.0 Å². The summed E-state index contributed by atoms with van der Waals surface area (Å²) in [5.74, 6) is 1.06. The van der Waals surface area contributed by atoms with Crippen LogP contribution in [0.15, 0.2) is 77.4 Å².